The van der Waals surface area contributed by atoms with Crippen LogP contribution in [-0.4, -0.2) is 39.7 Å². The monoisotopic (exact) mass is 331 g/mol. The van der Waals surface area contributed by atoms with Crippen LogP contribution in [-0.2, 0) is 20.9 Å². The Labute approximate surface area is 140 Å². The van der Waals surface area contributed by atoms with E-state index >= 15 is 0 Å². The number of carboxylic acid groups (broad SMARTS) is 1. The average Bonchev–Trinajstić information content (AvgIpc) is 2.57. The lowest BCUT2D eigenvalue weighted by Crippen LogP contribution is -2.46. The van der Waals surface area contributed by atoms with Gasteiger partial charge in [0, 0.05) is 12.8 Å². The summed E-state index contributed by atoms with van der Waals surface area (Å²) in [6.45, 7) is 2.13. The molecule has 7 heteroatoms. The van der Waals surface area contributed by atoms with Crippen molar-refractivity contribution in [2.45, 2.75) is 45.2 Å². The zero-order valence-electron chi connectivity index (χ0n) is 13.6. The smallest absolute Gasteiger partial charge is 0.326 e. The first-order chi connectivity index (χ1) is 11.5. The number of carboxylic acids is 1. The SMILES string of the molecule is CCCC(NC(=O)C1=NN(Cc2ccccc2)C(=O)CC1)C(=O)O. The molecule has 7 nitrogen and oxygen atoms in total. The lowest BCUT2D eigenvalue weighted by Gasteiger charge is -2.24. The third-order valence-electron chi connectivity index (χ3n) is 3.72. The van der Waals surface area contributed by atoms with Gasteiger partial charge in [0.25, 0.3) is 5.91 Å². The number of hydrogen-bond donors (Lipinski definition) is 2. The van der Waals surface area contributed by atoms with Crippen molar-refractivity contribution in [1.82, 2.24) is 10.3 Å². The van der Waals surface area contributed by atoms with E-state index in [0.717, 1.165) is 5.56 Å². The Hall–Kier alpha value is -2.70. The normalized spacial score (nSPS) is 15.6. The molecule has 0 aliphatic carbocycles. The number of hydrogen-bond acceptors (Lipinski definition) is 4. The Morgan fingerprint density at radius 1 is 1.29 bits per heavy atom. The van der Waals surface area contributed by atoms with Crippen molar-refractivity contribution in [3.8, 4) is 0 Å². The van der Waals surface area contributed by atoms with Gasteiger partial charge in [0.2, 0.25) is 5.91 Å². The van der Waals surface area contributed by atoms with Crippen LogP contribution in [0.5, 0.6) is 0 Å². The van der Waals surface area contributed by atoms with Gasteiger partial charge in [0.05, 0.1) is 6.54 Å². The number of nitrogens with one attached hydrogen (secondary N) is 1. The van der Waals surface area contributed by atoms with Gasteiger partial charge in [0.15, 0.2) is 0 Å². The molecule has 0 fully saturated rings. The highest BCUT2D eigenvalue weighted by molar-refractivity contribution is 6.39. The number of amides is 2. The molecule has 0 bridgehead atoms. The van der Waals surface area contributed by atoms with Crippen LogP contribution >= 0.6 is 0 Å². The van der Waals surface area contributed by atoms with E-state index < -0.39 is 17.9 Å². The maximum absolute atomic E-state index is 12.2. The van der Waals surface area contributed by atoms with E-state index in [-0.39, 0.29) is 31.0 Å². The molecule has 1 aliphatic rings. The van der Waals surface area contributed by atoms with Gasteiger partial charge in [-0.15, -0.1) is 0 Å². The number of carbonyl (C=O) groups is 3. The van der Waals surface area contributed by atoms with Crippen molar-refractivity contribution in [2.24, 2.45) is 5.10 Å². The van der Waals surface area contributed by atoms with Crippen LogP contribution in [0.3, 0.4) is 0 Å². The van der Waals surface area contributed by atoms with Crippen LogP contribution < -0.4 is 5.32 Å². The first-order valence-corrected chi connectivity index (χ1v) is 7.96. The van der Waals surface area contributed by atoms with Crippen molar-refractivity contribution in [3.05, 3.63) is 35.9 Å². The minimum absolute atomic E-state index is 0.154. The van der Waals surface area contributed by atoms with E-state index in [9.17, 15) is 14.4 Å². The van der Waals surface area contributed by atoms with Crippen LogP contribution in [0, 0.1) is 0 Å². The van der Waals surface area contributed by atoms with Gasteiger partial charge in [-0.25, -0.2) is 9.80 Å². The fraction of sp³-hybridized carbons (Fsp3) is 0.412. The molecule has 2 amide bonds. The van der Waals surface area contributed by atoms with E-state index in [1.165, 1.54) is 5.01 Å². The van der Waals surface area contributed by atoms with Crippen molar-refractivity contribution >= 4 is 23.5 Å². The summed E-state index contributed by atoms with van der Waals surface area (Å²) in [5, 5.41) is 17.0. The van der Waals surface area contributed by atoms with Crippen molar-refractivity contribution < 1.29 is 19.5 Å². The summed E-state index contributed by atoms with van der Waals surface area (Å²) in [6, 6.07) is 8.42. The molecular formula is C17H21N3O4. The van der Waals surface area contributed by atoms with E-state index in [1.54, 1.807) is 0 Å². The fourth-order valence-corrected chi connectivity index (χ4v) is 2.43. The molecule has 2 N–H and O–H groups in total. The van der Waals surface area contributed by atoms with Crippen LogP contribution in [0.25, 0.3) is 0 Å². The van der Waals surface area contributed by atoms with E-state index in [4.69, 9.17) is 5.11 Å². The number of carbonyl (C=O) groups excluding carboxylic acids is 2. The molecule has 1 aromatic rings. The number of rotatable bonds is 7. The van der Waals surface area contributed by atoms with Gasteiger partial charge < -0.3 is 10.4 Å². The number of hydrazone groups is 1. The summed E-state index contributed by atoms with van der Waals surface area (Å²) in [4.78, 5) is 35.4. The molecule has 0 radical (unpaired) electrons. The highest BCUT2D eigenvalue weighted by atomic mass is 16.4. The predicted octanol–water partition coefficient (Wildman–Crippen LogP) is 1.53. The summed E-state index contributed by atoms with van der Waals surface area (Å²) >= 11 is 0. The van der Waals surface area contributed by atoms with Crippen molar-refractivity contribution in [1.29, 1.82) is 0 Å². The molecule has 1 aliphatic heterocycles. The van der Waals surface area contributed by atoms with Gasteiger partial charge in [-0.3, -0.25) is 9.59 Å². The summed E-state index contributed by atoms with van der Waals surface area (Å²) in [5.74, 6) is -1.75. The second kappa shape index (κ2) is 8.24. The Morgan fingerprint density at radius 2 is 2.00 bits per heavy atom. The fourth-order valence-electron chi connectivity index (χ4n) is 2.43. The van der Waals surface area contributed by atoms with E-state index in [1.807, 2.05) is 37.3 Å². The second-order valence-corrected chi connectivity index (χ2v) is 5.64. The van der Waals surface area contributed by atoms with Gasteiger partial charge in [0.1, 0.15) is 11.8 Å². The summed E-state index contributed by atoms with van der Waals surface area (Å²) in [6.07, 6.45) is 1.39. The summed E-state index contributed by atoms with van der Waals surface area (Å²) in [5.41, 5.74) is 1.10. The molecule has 0 aromatic heterocycles. The molecule has 24 heavy (non-hydrogen) atoms. The molecular weight excluding hydrogens is 310 g/mol. The quantitative estimate of drug-likeness (QED) is 0.791. The van der Waals surface area contributed by atoms with Crippen LogP contribution in [0.4, 0.5) is 0 Å². The van der Waals surface area contributed by atoms with Crippen LogP contribution in [0.2, 0.25) is 0 Å². The predicted molar refractivity (Wildman–Crippen MR) is 88.1 cm³/mol. The summed E-state index contributed by atoms with van der Waals surface area (Å²) in [7, 11) is 0. The molecule has 0 spiro atoms. The maximum Gasteiger partial charge on any atom is 0.326 e. The highest BCUT2D eigenvalue weighted by Gasteiger charge is 2.27. The molecule has 1 heterocycles. The largest absolute Gasteiger partial charge is 0.480 e. The minimum atomic E-state index is -1.07. The molecule has 0 saturated heterocycles. The van der Waals surface area contributed by atoms with Gasteiger partial charge in [-0.1, -0.05) is 43.7 Å². The third kappa shape index (κ3) is 4.65. The lowest BCUT2D eigenvalue weighted by atomic mass is 10.1. The molecule has 1 aromatic carbocycles. The molecule has 2 rings (SSSR count). The third-order valence-corrected chi connectivity index (χ3v) is 3.72. The topological polar surface area (TPSA) is 99.1 Å². The highest BCUT2D eigenvalue weighted by Crippen LogP contribution is 2.14. The zero-order valence-corrected chi connectivity index (χ0v) is 13.6. The molecule has 0 saturated carbocycles. The Kier molecular flexibility index (Phi) is 6.06. The zero-order chi connectivity index (χ0) is 17.5. The summed E-state index contributed by atoms with van der Waals surface area (Å²) < 4.78 is 0. The first kappa shape index (κ1) is 17.7. The van der Waals surface area contributed by atoms with E-state index in [0.29, 0.717) is 12.8 Å². The van der Waals surface area contributed by atoms with Crippen LogP contribution in [0.15, 0.2) is 35.4 Å². The average molecular weight is 331 g/mol. The standard InChI is InChI=1S/C17H21N3O4/c1-2-6-14(17(23)24)18-16(22)13-9-10-15(21)20(19-13)11-12-7-4-3-5-8-12/h3-5,7-8,14H,2,6,9-11H2,1H3,(H,18,22)(H,23,24). The second-order valence-electron chi connectivity index (χ2n) is 5.64. The molecule has 128 valence electrons. The Bertz CT molecular complexity index is 642. The van der Waals surface area contributed by atoms with E-state index in [2.05, 4.69) is 10.4 Å². The first-order valence-electron chi connectivity index (χ1n) is 7.96. The number of aliphatic carboxylic acids is 1. The van der Waals surface area contributed by atoms with Gasteiger partial charge in [-0.05, 0) is 12.0 Å². The Balaban J connectivity index is 2.08. The Morgan fingerprint density at radius 3 is 2.62 bits per heavy atom. The van der Waals surface area contributed by atoms with Gasteiger partial charge in [-0.2, -0.15) is 5.10 Å². The maximum atomic E-state index is 12.2. The lowest BCUT2D eigenvalue weighted by molar-refractivity contribution is -0.141. The van der Waals surface area contributed by atoms with Crippen molar-refractivity contribution in [2.75, 3.05) is 0 Å². The number of nitrogens with zero attached hydrogens (tertiary/aromatic N) is 2. The molecule has 1 atom stereocenters. The minimum Gasteiger partial charge on any atom is -0.480 e. The van der Waals surface area contributed by atoms with Crippen molar-refractivity contribution in [3.63, 3.8) is 0 Å². The number of benzene rings is 1. The molecule has 1 unspecified atom stereocenters. The van der Waals surface area contributed by atoms with Crippen LogP contribution in [0.1, 0.15) is 38.2 Å². The van der Waals surface area contributed by atoms with Gasteiger partial charge >= 0.3 is 5.97 Å².